The highest BCUT2D eigenvalue weighted by Gasteiger charge is 2.09. The first-order valence-corrected chi connectivity index (χ1v) is 5.38. The van der Waals surface area contributed by atoms with E-state index in [0.717, 1.165) is 17.1 Å². The van der Waals surface area contributed by atoms with Crippen LogP contribution in [-0.2, 0) is 6.54 Å². The third-order valence-corrected chi connectivity index (χ3v) is 2.63. The highest BCUT2D eigenvalue weighted by molar-refractivity contribution is 6.30. The van der Waals surface area contributed by atoms with E-state index in [1.807, 2.05) is 32.0 Å². The van der Waals surface area contributed by atoms with Crippen LogP contribution in [0.2, 0.25) is 5.02 Å². The highest BCUT2D eigenvalue weighted by atomic mass is 35.5. The number of hydrogen-bond donors (Lipinski definition) is 1. The van der Waals surface area contributed by atoms with Gasteiger partial charge in [0.1, 0.15) is 5.82 Å². The molecule has 16 heavy (non-hydrogen) atoms. The zero-order chi connectivity index (χ0) is 11.7. The third kappa shape index (κ3) is 1.94. The monoisotopic (exact) mass is 236 g/mol. The van der Waals surface area contributed by atoms with Crippen LogP contribution in [0.15, 0.2) is 18.2 Å². The van der Waals surface area contributed by atoms with Crippen molar-refractivity contribution >= 4 is 11.6 Å². The summed E-state index contributed by atoms with van der Waals surface area (Å²) in [6.45, 7) is 4.24. The predicted octanol–water partition coefficient (Wildman–Crippen LogP) is 2.00. The van der Waals surface area contributed by atoms with Gasteiger partial charge >= 0.3 is 0 Å². The Kier molecular flexibility index (Phi) is 2.94. The Morgan fingerprint density at radius 2 is 2.12 bits per heavy atom. The summed E-state index contributed by atoms with van der Waals surface area (Å²) in [6, 6.07) is 5.69. The van der Waals surface area contributed by atoms with Crippen LogP contribution in [0.5, 0.6) is 0 Å². The van der Waals surface area contributed by atoms with Gasteiger partial charge in [-0.1, -0.05) is 17.7 Å². The Labute approximate surface area is 99.1 Å². The zero-order valence-electron chi connectivity index (χ0n) is 9.24. The largest absolute Gasteiger partial charge is 0.324 e. The molecule has 0 aliphatic carbocycles. The Balaban J connectivity index is 2.57. The van der Waals surface area contributed by atoms with E-state index in [2.05, 4.69) is 10.1 Å². The van der Waals surface area contributed by atoms with E-state index in [1.54, 1.807) is 4.68 Å². The molecule has 84 valence electrons. The molecule has 0 aliphatic heterocycles. The van der Waals surface area contributed by atoms with E-state index in [1.165, 1.54) is 0 Å². The topological polar surface area (TPSA) is 56.7 Å². The summed E-state index contributed by atoms with van der Waals surface area (Å²) in [5.74, 6) is 1.45. The second-order valence-electron chi connectivity index (χ2n) is 3.62. The van der Waals surface area contributed by atoms with Gasteiger partial charge in [-0.25, -0.2) is 9.67 Å². The molecule has 0 bridgehead atoms. The maximum atomic E-state index is 5.97. The standard InChI is InChI=1S/C11H13ClN4/c1-7-3-4-9(12)5-10(7)16-8(2)14-11(6-13)15-16/h3-5H,6,13H2,1-2H3. The van der Waals surface area contributed by atoms with E-state index in [-0.39, 0.29) is 0 Å². The van der Waals surface area contributed by atoms with E-state index in [9.17, 15) is 0 Å². The summed E-state index contributed by atoms with van der Waals surface area (Å²) in [4.78, 5) is 4.26. The summed E-state index contributed by atoms with van der Waals surface area (Å²) in [7, 11) is 0. The maximum absolute atomic E-state index is 5.97. The summed E-state index contributed by atoms with van der Waals surface area (Å²) >= 11 is 5.97. The minimum Gasteiger partial charge on any atom is -0.324 e. The van der Waals surface area contributed by atoms with Crippen molar-refractivity contribution in [1.29, 1.82) is 0 Å². The van der Waals surface area contributed by atoms with Crippen LogP contribution in [0.4, 0.5) is 0 Å². The molecule has 2 aromatic rings. The quantitative estimate of drug-likeness (QED) is 0.868. The lowest BCUT2D eigenvalue weighted by molar-refractivity contribution is 0.807. The van der Waals surface area contributed by atoms with Gasteiger partial charge in [-0.3, -0.25) is 0 Å². The van der Waals surface area contributed by atoms with Gasteiger partial charge in [0.25, 0.3) is 0 Å². The van der Waals surface area contributed by atoms with Crippen LogP contribution in [0, 0.1) is 13.8 Å². The normalized spacial score (nSPS) is 10.8. The molecule has 1 heterocycles. The Morgan fingerprint density at radius 3 is 2.75 bits per heavy atom. The van der Waals surface area contributed by atoms with E-state index in [4.69, 9.17) is 17.3 Å². The average Bonchev–Trinajstić information content (AvgIpc) is 2.63. The van der Waals surface area contributed by atoms with Crippen molar-refractivity contribution in [2.24, 2.45) is 5.73 Å². The molecule has 0 aliphatic rings. The van der Waals surface area contributed by atoms with E-state index >= 15 is 0 Å². The fourth-order valence-electron chi connectivity index (χ4n) is 1.57. The number of benzene rings is 1. The highest BCUT2D eigenvalue weighted by Crippen LogP contribution is 2.19. The maximum Gasteiger partial charge on any atom is 0.164 e. The molecular formula is C11H13ClN4. The van der Waals surface area contributed by atoms with Crippen molar-refractivity contribution < 1.29 is 0 Å². The van der Waals surface area contributed by atoms with Crippen molar-refractivity contribution in [2.75, 3.05) is 0 Å². The first-order valence-electron chi connectivity index (χ1n) is 5.01. The lowest BCUT2D eigenvalue weighted by Crippen LogP contribution is -2.03. The number of hydrogen-bond acceptors (Lipinski definition) is 3. The fraction of sp³-hybridized carbons (Fsp3) is 0.273. The number of aromatic nitrogens is 3. The smallest absolute Gasteiger partial charge is 0.164 e. The van der Waals surface area contributed by atoms with Gasteiger partial charge in [0.05, 0.1) is 12.2 Å². The van der Waals surface area contributed by atoms with Crippen LogP contribution in [0.3, 0.4) is 0 Å². The molecule has 0 spiro atoms. The summed E-state index contributed by atoms with van der Waals surface area (Å²) < 4.78 is 1.77. The Hall–Kier alpha value is -1.39. The predicted molar refractivity (Wildman–Crippen MR) is 63.7 cm³/mol. The van der Waals surface area contributed by atoms with Crippen molar-refractivity contribution in [2.45, 2.75) is 20.4 Å². The van der Waals surface area contributed by atoms with Crippen LogP contribution in [-0.4, -0.2) is 14.8 Å². The summed E-state index contributed by atoms with van der Waals surface area (Å²) in [6.07, 6.45) is 0. The van der Waals surface area contributed by atoms with Crippen LogP contribution in [0.1, 0.15) is 17.2 Å². The molecule has 5 heteroatoms. The molecule has 2 N–H and O–H groups in total. The summed E-state index contributed by atoms with van der Waals surface area (Å²) in [5, 5.41) is 5.01. The average molecular weight is 237 g/mol. The van der Waals surface area contributed by atoms with Crippen LogP contribution in [0.25, 0.3) is 5.69 Å². The van der Waals surface area contributed by atoms with Crippen molar-refractivity contribution in [3.05, 3.63) is 40.4 Å². The molecule has 0 amide bonds. The third-order valence-electron chi connectivity index (χ3n) is 2.39. The van der Waals surface area contributed by atoms with Gasteiger partial charge < -0.3 is 5.73 Å². The van der Waals surface area contributed by atoms with Gasteiger partial charge in [0, 0.05) is 5.02 Å². The van der Waals surface area contributed by atoms with Crippen LogP contribution < -0.4 is 5.73 Å². The zero-order valence-corrected chi connectivity index (χ0v) is 9.99. The van der Waals surface area contributed by atoms with Crippen molar-refractivity contribution in [1.82, 2.24) is 14.8 Å². The Morgan fingerprint density at radius 1 is 1.38 bits per heavy atom. The molecule has 0 atom stereocenters. The molecule has 0 saturated heterocycles. The Bertz CT molecular complexity index is 519. The molecule has 0 unspecified atom stereocenters. The van der Waals surface area contributed by atoms with Gasteiger partial charge in [-0.2, -0.15) is 0 Å². The van der Waals surface area contributed by atoms with Gasteiger partial charge in [-0.05, 0) is 31.5 Å². The molecular weight excluding hydrogens is 224 g/mol. The second-order valence-corrected chi connectivity index (χ2v) is 4.06. The lowest BCUT2D eigenvalue weighted by atomic mass is 10.2. The van der Waals surface area contributed by atoms with Crippen LogP contribution >= 0.6 is 11.6 Å². The summed E-state index contributed by atoms with van der Waals surface area (Å²) in [5.41, 5.74) is 7.55. The number of nitrogens with zero attached hydrogens (tertiary/aromatic N) is 3. The first kappa shape index (κ1) is 11.1. The number of nitrogens with two attached hydrogens (primary N) is 1. The minimum absolute atomic E-state index is 0.341. The molecule has 0 fully saturated rings. The molecule has 0 radical (unpaired) electrons. The number of halogens is 1. The van der Waals surface area contributed by atoms with E-state index in [0.29, 0.717) is 17.4 Å². The lowest BCUT2D eigenvalue weighted by Gasteiger charge is -2.07. The molecule has 0 saturated carbocycles. The molecule has 1 aromatic carbocycles. The van der Waals surface area contributed by atoms with Gasteiger partial charge in [-0.15, -0.1) is 5.10 Å². The van der Waals surface area contributed by atoms with Crippen molar-refractivity contribution in [3.63, 3.8) is 0 Å². The molecule has 1 aromatic heterocycles. The molecule has 4 nitrogen and oxygen atoms in total. The first-order chi connectivity index (χ1) is 7.61. The van der Waals surface area contributed by atoms with Gasteiger partial charge in [0.15, 0.2) is 5.82 Å². The number of aryl methyl sites for hydroxylation is 2. The molecule has 2 rings (SSSR count). The fourth-order valence-corrected chi connectivity index (χ4v) is 1.74. The minimum atomic E-state index is 0.341. The van der Waals surface area contributed by atoms with E-state index < -0.39 is 0 Å². The second kappa shape index (κ2) is 4.23. The van der Waals surface area contributed by atoms with Gasteiger partial charge in [0.2, 0.25) is 0 Å². The SMILES string of the molecule is Cc1ccc(Cl)cc1-n1nc(CN)nc1C. The number of rotatable bonds is 2. The van der Waals surface area contributed by atoms with Crippen molar-refractivity contribution in [3.8, 4) is 5.69 Å².